The highest BCUT2D eigenvalue weighted by Gasteiger charge is 2.49. The Labute approximate surface area is 392 Å². The number of Topliss-reactive ketones (excluding diaryl/α,β-unsaturated/α-hetero) is 1. The second-order valence-corrected chi connectivity index (χ2v) is 18.8. The first-order valence-electron chi connectivity index (χ1n) is 24.2. The summed E-state index contributed by atoms with van der Waals surface area (Å²) in [7, 11) is -5.47. The zero-order valence-electron chi connectivity index (χ0n) is 39.2. The molecule has 66 heavy (non-hydrogen) atoms. The van der Waals surface area contributed by atoms with Crippen molar-refractivity contribution in [3.8, 4) is 0 Å². The van der Waals surface area contributed by atoms with E-state index < -0.39 is 112 Å². The van der Waals surface area contributed by atoms with Crippen molar-refractivity contribution in [1.29, 1.82) is 0 Å². The number of rotatable bonds is 22. The van der Waals surface area contributed by atoms with Crippen LogP contribution in [-0.2, 0) is 37.5 Å². The third-order valence-corrected chi connectivity index (χ3v) is 12.7. The number of unbranched alkanes of at least 4 members (excludes halogenated alkanes) is 9. The third-order valence-electron chi connectivity index (χ3n) is 11.7. The van der Waals surface area contributed by atoms with E-state index in [9.17, 15) is 59.6 Å². The van der Waals surface area contributed by atoms with Crippen molar-refractivity contribution in [2.24, 2.45) is 11.8 Å². The minimum Gasteiger partial charge on any atom is -0.462 e. The van der Waals surface area contributed by atoms with Gasteiger partial charge in [0.2, 0.25) is 0 Å². The molecule has 0 radical (unpaired) electrons. The summed E-state index contributed by atoms with van der Waals surface area (Å²) in [6.07, 6.45) is 13.5. The molecule has 1 saturated carbocycles. The maximum atomic E-state index is 13.6. The average molecular weight is 957 g/mol. The van der Waals surface area contributed by atoms with E-state index >= 15 is 0 Å². The smallest absolute Gasteiger partial charge is 0.462 e. The molecular formula is C49H81O16P. The van der Waals surface area contributed by atoms with E-state index in [-0.39, 0.29) is 25.7 Å². The van der Waals surface area contributed by atoms with Crippen LogP contribution in [-0.4, -0.2) is 127 Å². The van der Waals surface area contributed by atoms with Crippen LogP contribution in [0.15, 0.2) is 60.8 Å². The average Bonchev–Trinajstić information content (AvgIpc) is 3.28. The molecule has 2 aliphatic rings. The molecule has 0 spiro atoms. The summed E-state index contributed by atoms with van der Waals surface area (Å²) in [6, 6.07) is 0. The quantitative estimate of drug-likeness (QED) is 0.0256. The third kappa shape index (κ3) is 24.4. The van der Waals surface area contributed by atoms with Gasteiger partial charge in [-0.2, -0.15) is 0 Å². The van der Waals surface area contributed by atoms with Crippen molar-refractivity contribution in [1.82, 2.24) is 0 Å². The largest absolute Gasteiger partial charge is 0.472 e. The predicted molar refractivity (Wildman–Crippen MR) is 250 cm³/mol. The van der Waals surface area contributed by atoms with Gasteiger partial charge in [-0.15, -0.1) is 0 Å². The predicted octanol–water partition coefficient (Wildman–Crippen LogP) is 6.31. The zero-order valence-corrected chi connectivity index (χ0v) is 40.1. The number of fused-ring (bicyclic) bond motifs is 4. The zero-order chi connectivity index (χ0) is 48.7. The number of carbonyl (C=O) groups is 3. The van der Waals surface area contributed by atoms with Gasteiger partial charge in [0.25, 0.3) is 0 Å². The highest BCUT2D eigenvalue weighted by Crippen LogP contribution is 2.47. The van der Waals surface area contributed by atoms with E-state index in [1.165, 1.54) is 37.5 Å². The maximum absolute atomic E-state index is 13.6. The van der Waals surface area contributed by atoms with Crippen LogP contribution in [0, 0.1) is 11.8 Å². The first-order chi connectivity index (χ1) is 31.6. The van der Waals surface area contributed by atoms with Crippen LogP contribution in [0.4, 0.5) is 0 Å². The van der Waals surface area contributed by atoms with Gasteiger partial charge in [0.1, 0.15) is 36.8 Å². The fraction of sp³-hybridized carbons (Fsp3) is 0.735. The highest BCUT2D eigenvalue weighted by molar-refractivity contribution is 7.47. The second kappa shape index (κ2) is 34.4. The highest BCUT2D eigenvalue weighted by atomic mass is 31.2. The van der Waals surface area contributed by atoms with E-state index in [0.717, 1.165) is 57.8 Å². The van der Waals surface area contributed by atoms with Crippen molar-refractivity contribution >= 4 is 25.5 Å². The van der Waals surface area contributed by atoms with Crippen molar-refractivity contribution in [2.45, 2.75) is 204 Å². The summed E-state index contributed by atoms with van der Waals surface area (Å²) in [4.78, 5) is 50.1. The molecule has 0 aromatic heterocycles. The molecule has 0 aromatic carbocycles. The van der Waals surface area contributed by atoms with Crippen molar-refractivity contribution in [3.05, 3.63) is 60.8 Å². The molecule has 1 fully saturated rings. The lowest BCUT2D eigenvalue weighted by Crippen LogP contribution is -2.55. The number of allylic oxidation sites excluding steroid dienone is 8. The summed E-state index contributed by atoms with van der Waals surface area (Å²) in [6.45, 7) is 2.74. The number of hydrogen-bond donors (Lipinski definition) is 8. The van der Waals surface area contributed by atoms with E-state index in [2.05, 4.69) is 43.4 Å². The molecule has 1 heterocycles. The molecule has 1 aliphatic carbocycles. The molecule has 2 bridgehead atoms. The number of carbonyl (C=O) groups excluding carboxylic acids is 3. The number of phosphoric acid groups is 1. The summed E-state index contributed by atoms with van der Waals surface area (Å²) < 4.78 is 34.7. The molecule has 0 aromatic rings. The van der Waals surface area contributed by atoms with Gasteiger partial charge in [0.05, 0.1) is 31.0 Å². The van der Waals surface area contributed by atoms with Crippen LogP contribution in [0.5, 0.6) is 0 Å². The van der Waals surface area contributed by atoms with Crippen molar-refractivity contribution < 1.29 is 78.1 Å². The van der Waals surface area contributed by atoms with Gasteiger partial charge in [-0.05, 0) is 70.6 Å². The van der Waals surface area contributed by atoms with Crippen LogP contribution < -0.4 is 0 Å². The molecule has 0 amide bonds. The summed E-state index contributed by atoms with van der Waals surface area (Å²) in [5.41, 5.74) is 0. The van der Waals surface area contributed by atoms with Gasteiger partial charge >= 0.3 is 19.8 Å². The Morgan fingerprint density at radius 1 is 0.788 bits per heavy atom. The lowest BCUT2D eigenvalue weighted by atomic mass is 9.84. The van der Waals surface area contributed by atoms with E-state index in [1.54, 1.807) is 6.08 Å². The van der Waals surface area contributed by atoms with Gasteiger partial charge in [0, 0.05) is 31.1 Å². The standard InChI is InChI=1S/C49H81O16P/c1-3-5-7-8-9-10-11-12-13-14-15-16-17-18-19-20-26-30-43(54)64-37-34-62-42(53)29-25-22-21-24-28-38-40(51)33-41(52)39(32-31-36(50)27-23-6-4-2)45(56)47(58)49(48(59)46(57)44(38)55)65-66(60,61)63-35-37/h9-10,12-13,15-16,21,24,31-32,36-39,41,44-50,52,55-59H,3-8,11,14,17-20,22-23,25-30,33-35H2,1-2H3,(H,60,61)/b10-9-,13-12-,16-15-,24-21-,32-31+/t36-,37+,38-,39-,41+,44+,45+,46-,47+,48+,49+/m0/s1. The Hall–Kier alpha value is -2.86. The van der Waals surface area contributed by atoms with Crippen LogP contribution in [0.1, 0.15) is 149 Å². The lowest BCUT2D eigenvalue weighted by Gasteiger charge is -2.36. The lowest BCUT2D eigenvalue weighted by molar-refractivity contribution is -0.166. The van der Waals surface area contributed by atoms with Crippen LogP contribution >= 0.6 is 7.82 Å². The number of hydrogen-bond acceptors (Lipinski definition) is 15. The molecule has 2 rings (SSSR count). The minimum atomic E-state index is -5.47. The molecule has 0 saturated heterocycles. The van der Waals surface area contributed by atoms with E-state index in [4.69, 9.17) is 18.5 Å². The first-order valence-corrected chi connectivity index (χ1v) is 25.7. The van der Waals surface area contributed by atoms with Gasteiger partial charge in [-0.25, -0.2) is 4.57 Å². The number of phosphoric ester groups is 1. The van der Waals surface area contributed by atoms with Gasteiger partial charge in [-0.3, -0.25) is 23.4 Å². The fourth-order valence-electron chi connectivity index (χ4n) is 7.64. The van der Waals surface area contributed by atoms with E-state index in [0.29, 0.717) is 25.7 Å². The summed E-state index contributed by atoms with van der Waals surface area (Å²) >= 11 is 0. The topological polar surface area (TPSA) is 267 Å². The van der Waals surface area contributed by atoms with Crippen LogP contribution in [0.25, 0.3) is 0 Å². The van der Waals surface area contributed by atoms with Gasteiger partial charge < -0.3 is 50.1 Å². The number of aliphatic hydroxyl groups excluding tert-OH is 7. The van der Waals surface area contributed by atoms with Gasteiger partial charge in [-0.1, -0.05) is 120 Å². The number of cyclic esters (lactones) is 1. The number of esters is 2. The Morgan fingerprint density at radius 2 is 1.41 bits per heavy atom. The molecule has 17 heteroatoms. The monoisotopic (exact) mass is 957 g/mol. The van der Waals surface area contributed by atoms with Crippen molar-refractivity contribution in [3.63, 3.8) is 0 Å². The van der Waals surface area contributed by atoms with Crippen LogP contribution in [0.2, 0.25) is 0 Å². The Morgan fingerprint density at radius 3 is 2.09 bits per heavy atom. The number of ketones is 1. The minimum absolute atomic E-state index is 0.00293. The number of ether oxygens (including phenoxy) is 2. The normalized spacial score (nSPS) is 31.5. The molecule has 12 atom stereocenters. The Bertz CT molecular complexity index is 1560. The summed E-state index contributed by atoms with van der Waals surface area (Å²) in [5.74, 6) is -5.13. The van der Waals surface area contributed by atoms with Gasteiger partial charge in [0.15, 0.2) is 6.10 Å². The molecule has 8 N–H and O–H groups in total. The fourth-order valence-corrected chi connectivity index (χ4v) is 8.62. The molecule has 378 valence electrons. The molecule has 1 aliphatic heterocycles. The first kappa shape index (κ1) is 59.3. The number of aliphatic hydroxyl groups is 7. The van der Waals surface area contributed by atoms with Crippen molar-refractivity contribution in [2.75, 3.05) is 13.2 Å². The molecule has 1 unspecified atom stereocenters. The Kier molecular flexibility index (Phi) is 30.9. The summed E-state index contributed by atoms with van der Waals surface area (Å²) in [5, 5.41) is 78.6. The molecular weight excluding hydrogens is 875 g/mol. The SMILES string of the molecule is CCCCC/C=C\C/C=C\C/C=C\CCCCCCC(=O)O[C@@H]1COC(=O)CCC/C=C\C[C@H]2C(=O)C[C@@H](O)[C@H](/C=C/[C@@H](O)CCCCC)[C@@H](O)[C@@H](O)[C@@H](OP(=O)(O)OC1)[C@H](O)[C@@H](O)[C@@H]2O. The molecule has 16 nitrogen and oxygen atoms in total. The second-order valence-electron chi connectivity index (χ2n) is 17.4. The maximum Gasteiger partial charge on any atom is 0.472 e. The Balaban J connectivity index is 2.18. The van der Waals surface area contributed by atoms with Crippen LogP contribution in [0.3, 0.4) is 0 Å². The van der Waals surface area contributed by atoms with E-state index in [1.807, 2.05) is 6.92 Å².